The van der Waals surface area contributed by atoms with E-state index < -0.39 is 11.7 Å². The molecule has 0 aromatic carbocycles. The zero-order valence-corrected chi connectivity index (χ0v) is 14.2. The van der Waals surface area contributed by atoms with E-state index in [1.54, 1.807) is 0 Å². The molecule has 0 bridgehead atoms. The van der Waals surface area contributed by atoms with Crippen LogP contribution in [-0.2, 0) is 11.0 Å². The lowest BCUT2D eigenvalue weighted by Crippen LogP contribution is -2.41. The highest BCUT2D eigenvalue weighted by atomic mass is 35.5. The van der Waals surface area contributed by atoms with Gasteiger partial charge in [0.2, 0.25) is 5.91 Å². The van der Waals surface area contributed by atoms with Gasteiger partial charge in [0.15, 0.2) is 0 Å². The van der Waals surface area contributed by atoms with Gasteiger partial charge in [-0.25, -0.2) is 4.98 Å². The van der Waals surface area contributed by atoms with Gasteiger partial charge in [0.1, 0.15) is 5.03 Å². The lowest BCUT2D eigenvalue weighted by atomic mass is 9.86. The number of rotatable bonds is 4. The third kappa shape index (κ3) is 5.28. The van der Waals surface area contributed by atoms with Crippen LogP contribution in [0.3, 0.4) is 0 Å². The average molecular weight is 367 g/mol. The van der Waals surface area contributed by atoms with Crippen LogP contribution >= 0.6 is 23.4 Å². The molecule has 1 aromatic rings. The minimum Gasteiger partial charge on any atom is -0.352 e. The minimum atomic E-state index is -4.48. The molecule has 8 heteroatoms. The number of thioether (sulfide) groups is 1. The number of halogens is 4. The first-order valence-electron chi connectivity index (χ1n) is 7.42. The van der Waals surface area contributed by atoms with Gasteiger partial charge in [0, 0.05) is 12.2 Å². The Morgan fingerprint density at radius 3 is 2.74 bits per heavy atom. The number of aromatic nitrogens is 1. The molecule has 2 atom stereocenters. The van der Waals surface area contributed by atoms with E-state index in [1.807, 2.05) is 0 Å². The quantitative estimate of drug-likeness (QED) is 0.795. The Morgan fingerprint density at radius 1 is 1.43 bits per heavy atom. The van der Waals surface area contributed by atoms with E-state index >= 15 is 0 Å². The third-order valence-corrected chi connectivity index (χ3v) is 5.34. The summed E-state index contributed by atoms with van der Waals surface area (Å²) >= 11 is 6.86. The maximum Gasteiger partial charge on any atom is 0.417 e. The van der Waals surface area contributed by atoms with Crippen molar-refractivity contribution in [2.75, 3.05) is 5.75 Å². The van der Waals surface area contributed by atoms with Gasteiger partial charge in [-0.05, 0) is 24.8 Å². The van der Waals surface area contributed by atoms with Crippen LogP contribution in [0.1, 0.15) is 38.2 Å². The molecule has 3 nitrogen and oxygen atoms in total. The summed E-state index contributed by atoms with van der Waals surface area (Å²) in [5, 5.41) is 3.12. The van der Waals surface area contributed by atoms with Crippen LogP contribution in [0.4, 0.5) is 13.2 Å². The van der Waals surface area contributed by atoms with Gasteiger partial charge in [-0.1, -0.05) is 43.1 Å². The summed E-state index contributed by atoms with van der Waals surface area (Å²) < 4.78 is 37.6. The predicted molar refractivity (Wildman–Crippen MR) is 84.5 cm³/mol. The molecule has 1 N–H and O–H groups in total. The summed E-state index contributed by atoms with van der Waals surface area (Å²) in [5.41, 5.74) is -0.896. The molecule has 1 aliphatic carbocycles. The van der Waals surface area contributed by atoms with Crippen molar-refractivity contribution in [3.8, 4) is 0 Å². The number of alkyl halides is 3. The second-order valence-electron chi connectivity index (χ2n) is 5.73. The smallest absolute Gasteiger partial charge is 0.352 e. The topological polar surface area (TPSA) is 42.0 Å². The molecular formula is C15H18ClF3N2OS. The second kappa shape index (κ2) is 7.75. The van der Waals surface area contributed by atoms with Crippen molar-refractivity contribution < 1.29 is 18.0 Å². The van der Waals surface area contributed by atoms with Gasteiger partial charge >= 0.3 is 6.18 Å². The Kier molecular flexibility index (Phi) is 6.19. The van der Waals surface area contributed by atoms with Crippen LogP contribution in [0.2, 0.25) is 5.02 Å². The molecule has 128 valence electrons. The number of amides is 1. The first-order valence-corrected chi connectivity index (χ1v) is 8.78. The van der Waals surface area contributed by atoms with Crippen molar-refractivity contribution in [3.05, 3.63) is 22.8 Å². The molecule has 23 heavy (non-hydrogen) atoms. The van der Waals surface area contributed by atoms with Crippen molar-refractivity contribution in [3.63, 3.8) is 0 Å². The fraction of sp³-hybridized carbons (Fsp3) is 0.600. The van der Waals surface area contributed by atoms with E-state index in [4.69, 9.17) is 11.6 Å². The van der Waals surface area contributed by atoms with Crippen LogP contribution in [0.5, 0.6) is 0 Å². The van der Waals surface area contributed by atoms with Crippen LogP contribution in [0, 0.1) is 5.92 Å². The fourth-order valence-corrected chi connectivity index (χ4v) is 3.60. The minimum absolute atomic E-state index is 0.0846. The second-order valence-corrected chi connectivity index (χ2v) is 7.10. The first kappa shape index (κ1) is 18.4. The Hall–Kier alpha value is -0.950. The molecule has 0 aliphatic heterocycles. The maximum atomic E-state index is 12.5. The molecule has 0 unspecified atom stereocenters. The predicted octanol–water partition coefficient (Wildman–Crippen LogP) is 4.54. The highest BCUT2D eigenvalue weighted by Crippen LogP contribution is 2.33. The monoisotopic (exact) mass is 366 g/mol. The number of hydrogen-bond acceptors (Lipinski definition) is 3. The number of nitrogens with zero attached hydrogens (tertiary/aromatic N) is 1. The normalized spacial score (nSPS) is 22.0. The van der Waals surface area contributed by atoms with E-state index in [2.05, 4.69) is 17.2 Å². The van der Waals surface area contributed by atoms with Gasteiger partial charge < -0.3 is 5.32 Å². The van der Waals surface area contributed by atoms with Crippen molar-refractivity contribution in [2.24, 2.45) is 5.92 Å². The summed E-state index contributed by atoms with van der Waals surface area (Å²) in [6.07, 6.45) is 0.618. The molecule has 2 rings (SSSR count). The maximum absolute atomic E-state index is 12.5. The van der Waals surface area contributed by atoms with Gasteiger partial charge in [-0.15, -0.1) is 0 Å². The molecule has 1 saturated carbocycles. The third-order valence-electron chi connectivity index (χ3n) is 3.93. The summed E-state index contributed by atoms with van der Waals surface area (Å²) in [5.74, 6) is 0.387. The van der Waals surface area contributed by atoms with Crippen LogP contribution in [0.25, 0.3) is 0 Å². The molecular weight excluding hydrogens is 349 g/mol. The van der Waals surface area contributed by atoms with Crippen molar-refractivity contribution in [1.29, 1.82) is 0 Å². The fourth-order valence-electron chi connectivity index (χ4n) is 2.60. The average Bonchev–Trinajstić information content (AvgIpc) is 2.47. The molecule has 1 aromatic heterocycles. The summed E-state index contributed by atoms with van der Waals surface area (Å²) in [7, 11) is 0. The van der Waals surface area contributed by atoms with Gasteiger partial charge in [0.05, 0.1) is 16.3 Å². The van der Waals surface area contributed by atoms with Crippen LogP contribution in [-0.4, -0.2) is 22.7 Å². The molecule has 1 heterocycles. The number of nitrogens with one attached hydrogen (secondary N) is 1. The van der Waals surface area contributed by atoms with Gasteiger partial charge in [-0.3, -0.25) is 4.79 Å². The van der Waals surface area contributed by atoms with Crippen molar-refractivity contribution in [1.82, 2.24) is 10.3 Å². The van der Waals surface area contributed by atoms with E-state index in [0.29, 0.717) is 5.92 Å². The summed E-state index contributed by atoms with van der Waals surface area (Å²) in [6, 6.07) is 1.01. The van der Waals surface area contributed by atoms with E-state index in [1.165, 1.54) is 6.42 Å². The van der Waals surface area contributed by atoms with Crippen LogP contribution < -0.4 is 5.32 Å². The molecule has 1 fully saturated rings. The van der Waals surface area contributed by atoms with E-state index in [0.717, 1.165) is 43.3 Å². The zero-order valence-electron chi connectivity index (χ0n) is 12.6. The number of hydrogen-bond donors (Lipinski definition) is 1. The Labute approximate surface area is 142 Å². The van der Waals surface area contributed by atoms with Crippen LogP contribution in [0.15, 0.2) is 17.3 Å². The number of carbonyl (C=O) groups is 1. The largest absolute Gasteiger partial charge is 0.417 e. The molecule has 0 saturated heterocycles. The van der Waals surface area contributed by atoms with Crippen molar-refractivity contribution in [2.45, 2.75) is 49.9 Å². The van der Waals surface area contributed by atoms with E-state index in [9.17, 15) is 18.0 Å². The Morgan fingerprint density at radius 2 is 2.13 bits per heavy atom. The highest BCUT2D eigenvalue weighted by molar-refractivity contribution is 8.00. The number of pyridine rings is 1. The molecule has 1 aliphatic rings. The highest BCUT2D eigenvalue weighted by Gasteiger charge is 2.31. The SMILES string of the molecule is C[C@H]1CCCC[C@H]1NC(=O)CSc1ncc(C(F)(F)F)cc1Cl. The molecule has 0 spiro atoms. The van der Waals surface area contributed by atoms with Crippen molar-refractivity contribution >= 4 is 29.3 Å². The Bertz CT molecular complexity index is 568. The summed E-state index contributed by atoms with van der Waals surface area (Å²) in [6.45, 7) is 2.12. The standard InChI is InChI=1S/C15H18ClF3N2OS/c1-9-4-2-3-5-12(9)21-13(22)8-23-14-11(16)6-10(7-20-14)15(17,18)19/h6-7,9,12H,2-5,8H2,1H3,(H,21,22)/t9-,12+/m0/s1. The van der Waals surface area contributed by atoms with E-state index in [-0.39, 0.29) is 27.8 Å². The van der Waals surface area contributed by atoms with Gasteiger partial charge in [0.25, 0.3) is 0 Å². The molecule has 1 amide bonds. The molecule has 0 radical (unpaired) electrons. The lowest BCUT2D eigenvalue weighted by molar-refractivity contribution is -0.137. The lowest BCUT2D eigenvalue weighted by Gasteiger charge is -2.29. The summed E-state index contributed by atoms with van der Waals surface area (Å²) in [4.78, 5) is 15.7. The first-order chi connectivity index (χ1) is 10.8. The van der Waals surface area contributed by atoms with Gasteiger partial charge in [-0.2, -0.15) is 13.2 Å². The Balaban J connectivity index is 1.89. The zero-order chi connectivity index (χ0) is 17.0. The number of carbonyl (C=O) groups excluding carboxylic acids is 1.